The minimum atomic E-state index is -1.12. The lowest BCUT2D eigenvalue weighted by Gasteiger charge is -2.16. The lowest BCUT2D eigenvalue weighted by Crippen LogP contribution is -2.18. The lowest BCUT2D eigenvalue weighted by molar-refractivity contribution is 0.122. The van der Waals surface area contributed by atoms with Crippen LogP contribution in [0.4, 0.5) is 0 Å². The standard InChI is InChI=1S/C16H13IO/c1-16(18,14-7-9-15(17)10-8-14)12-11-13-5-3-2-4-6-13/h2-10,18H,1H3. The van der Waals surface area contributed by atoms with E-state index in [1.54, 1.807) is 6.92 Å². The number of rotatable bonds is 1. The summed E-state index contributed by atoms with van der Waals surface area (Å²) in [5.41, 5.74) is 0.592. The Balaban J connectivity index is 2.27. The molecule has 1 N–H and O–H groups in total. The molecule has 18 heavy (non-hydrogen) atoms. The Morgan fingerprint density at radius 3 is 2.22 bits per heavy atom. The van der Waals surface area contributed by atoms with Gasteiger partial charge in [0.2, 0.25) is 0 Å². The van der Waals surface area contributed by atoms with Crippen molar-refractivity contribution in [2.24, 2.45) is 0 Å². The van der Waals surface area contributed by atoms with Crippen molar-refractivity contribution in [3.8, 4) is 11.8 Å². The van der Waals surface area contributed by atoms with Gasteiger partial charge in [0, 0.05) is 9.13 Å². The van der Waals surface area contributed by atoms with E-state index in [1.807, 2.05) is 54.6 Å². The summed E-state index contributed by atoms with van der Waals surface area (Å²) in [5.74, 6) is 5.91. The van der Waals surface area contributed by atoms with Gasteiger partial charge >= 0.3 is 0 Å². The van der Waals surface area contributed by atoms with Crippen LogP contribution in [-0.2, 0) is 5.60 Å². The van der Waals surface area contributed by atoms with Gasteiger partial charge in [-0.05, 0) is 59.3 Å². The van der Waals surface area contributed by atoms with E-state index in [-0.39, 0.29) is 0 Å². The van der Waals surface area contributed by atoms with E-state index in [4.69, 9.17) is 0 Å². The highest BCUT2D eigenvalue weighted by molar-refractivity contribution is 14.1. The summed E-state index contributed by atoms with van der Waals surface area (Å²) < 4.78 is 1.14. The molecule has 0 aliphatic heterocycles. The third-order valence-electron chi connectivity index (χ3n) is 2.63. The molecule has 1 nitrogen and oxygen atoms in total. The molecule has 1 unspecified atom stereocenters. The molecule has 0 saturated carbocycles. The quantitative estimate of drug-likeness (QED) is 0.617. The summed E-state index contributed by atoms with van der Waals surface area (Å²) in [6, 6.07) is 17.4. The van der Waals surface area contributed by atoms with Gasteiger partial charge in [-0.1, -0.05) is 42.2 Å². The average Bonchev–Trinajstić information content (AvgIpc) is 2.38. The molecule has 0 spiro atoms. The van der Waals surface area contributed by atoms with Gasteiger partial charge in [0.05, 0.1) is 0 Å². The predicted molar refractivity (Wildman–Crippen MR) is 82.0 cm³/mol. The average molecular weight is 348 g/mol. The van der Waals surface area contributed by atoms with Crippen molar-refractivity contribution in [1.29, 1.82) is 0 Å². The van der Waals surface area contributed by atoms with Crippen LogP contribution < -0.4 is 0 Å². The van der Waals surface area contributed by atoms with E-state index < -0.39 is 5.60 Å². The first kappa shape index (κ1) is 13.1. The molecule has 0 saturated heterocycles. The molecule has 2 aromatic carbocycles. The van der Waals surface area contributed by atoms with Crippen LogP contribution in [0.1, 0.15) is 18.1 Å². The van der Waals surface area contributed by atoms with E-state index in [2.05, 4.69) is 34.4 Å². The summed E-state index contributed by atoms with van der Waals surface area (Å²) in [7, 11) is 0. The van der Waals surface area contributed by atoms with Gasteiger partial charge in [-0.2, -0.15) is 0 Å². The zero-order chi connectivity index (χ0) is 13.0. The number of halogens is 1. The molecule has 1 atom stereocenters. The predicted octanol–water partition coefficient (Wildman–Crippen LogP) is 3.55. The minimum absolute atomic E-state index is 0.811. The number of hydrogen-bond donors (Lipinski definition) is 1. The molecular formula is C16H13IO. The van der Waals surface area contributed by atoms with E-state index in [9.17, 15) is 5.11 Å². The van der Waals surface area contributed by atoms with E-state index in [1.165, 1.54) is 0 Å². The van der Waals surface area contributed by atoms with Crippen LogP contribution in [0.25, 0.3) is 0 Å². The fourth-order valence-corrected chi connectivity index (χ4v) is 1.92. The molecule has 0 bridgehead atoms. The molecule has 0 amide bonds. The Morgan fingerprint density at radius 1 is 1.00 bits per heavy atom. The Hall–Kier alpha value is -1.31. The summed E-state index contributed by atoms with van der Waals surface area (Å²) >= 11 is 2.24. The van der Waals surface area contributed by atoms with Gasteiger partial charge in [-0.15, -0.1) is 0 Å². The molecule has 2 heteroatoms. The van der Waals surface area contributed by atoms with Crippen LogP contribution in [0.2, 0.25) is 0 Å². The molecule has 2 rings (SSSR count). The topological polar surface area (TPSA) is 20.2 Å². The number of benzene rings is 2. The molecule has 0 heterocycles. The van der Waals surface area contributed by atoms with Crippen molar-refractivity contribution in [2.75, 3.05) is 0 Å². The van der Waals surface area contributed by atoms with Gasteiger partial charge in [0.15, 0.2) is 0 Å². The maximum Gasteiger partial charge on any atom is 0.148 e. The molecule has 0 aliphatic carbocycles. The van der Waals surface area contributed by atoms with Gasteiger partial charge < -0.3 is 5.11 Å². The second-order valence-electron chi connectivity index (χ2n) is 4.20. The first-order valence-corrected chi connectivity index (χ1v) is 6.72. The number of hydrogen-bond acceptors (Lipinski definition) is 1. The van der Waals surface area contributed by atoms with Crippen molar-refractivity contribution < 1.29 is 5.11 Å². The zero-order valence-corrected chi connectivity index (χ0v) is 12.2. The summed E-state index contributed by atoms with van der Waals surface area (Å²) in [5, 5.41) is 10.4. The van der Waals surface area contributed by atoms with E-state index >= 15 is 0 Å². The van der Waals surface area contributed by atoms with Crippen molar-refractivity contribution in [3.05, 3.63) is 69.3 Å². The monoisotopic (exact) mass is 348 g/mol. The molecular weight excluding hydrogens is 335 g/mol. The Bertz CT molecular complexity index is 574. The molecule has 2 aromatic rings. The molecule has 90 valence electrons. The largest absolute Gasteiger partial charge is 0.374 e. The van der Waals surface area contributed by atoms with E-state index in [0.29, 0.717) is 0 Å². The highest BCUT2D eigenvalue weighted by Crippen LogP contribution is 2.20. The third-order valence-corrected chi connectivity index (χ3v) is 3.35. The van der Waals surface area contributed by atoms with Crippen LogP contribution in [-0.4, -0.2) is 5.11 Å². The molecule has 0 fully saturated rings. The third kappa shape index (κ3) is 3.34. The molecule has 0 radical (unpaired) electrons. The Kier molecular flexibility index (Phi) is 4.05. The highest BCUT2D eigenvalue weighted by atomic mass is 127. The van der Waals surface area contributed by atoms with Crippen molar-refractivity contribution in [3.63, 3.8) is 0 Å². The second kappa shape index (κ2) is 5.55. The minimum Gasteiger partial charge on any atom is -0.374 e. The first-order valence-electron chi connectivity index (χ1n) is 5.64. The lowest BCUT2D eigenvalue weighted by atomic mass is 9.96. The number of aliphatic hydroxyl groups is 1. The fraction of sp³-hybridized carbons (Fsp3) is 0.125. The highest BCUT2D eigenvalue weighted by Gasteiger charge is 2.19. The van der Waals surface area contributed by atoms with Crippen molar-refractivity contribution in [2.45, 2.75) is 12.5 Å². The van der Waals surface area contributed by atoms with Crippen LogP contribution in [0, 0.1) is 15.4 Å². The summed E-state index contributed by atoms with van der Waals surface area (Å²) in [4.78, 5) is 0. The normalized spacial score (nSPS) is 13.3. The summed E-state index contributed by atoms with van der Waals surface area (Å²) in [6.07, 6.45) is 0. The van der Waals surface area contributed by atoms with Gasteiger partial charge in [-0.3, -0.25) is 0 Å². The SMILES string of the molecule is CC(O)(C#Cc1ccccc1)c1ccc(I)cc1. The van der Waals surface area contributed by atoms with Crippen LogP contribution in [0.15, 0.2) is 54.6 Å². The summed E-state index contributed by atoms with van der Waals surface area (Å²) in [6.45, 7) is 1.71. The molecule has 0 aliphatic rings. The molecule has 0 aromatic heterocycles. The van der Waals surface area contributed by atoms with Gasteiger partial charge in [-0.25, -0.2) is 0 Å². The van der Waals surface area contributed by atoms with E-state index in [0.717, 1.165) is 14.7 Å². The maximum atomic E-state index is 10.4. The van der Waals surface area contributed by atoms with Gasteiger partial charge in [0.25, 0.3) is 0 Å². The van der Waals surface area contributed by atoms with Crippen LogP contribution in [0.3, 0.4) is 0 Å². The fourth-order valence-electron chi connectivity index (χ4n) is 1.56. The second-order valence-corrected chi connectivity index (χ2v) is 5.44. The van der Waals surface area contributed by atoms with Crippen LogP contribution in [0.5, 0.6) is 0 Å². The van der Waals surface area contributed by atoms with Crippen molar-refractivity contribution in [1.82, 2.24) is 0 Å². The Labute approximate surface area is 121 Å². The maximum absolute atomic E-state index is 10.4. The zero-order valence-electron chi connectivity index (χ0n) is 10.0. The first-order chi connectivity index (χ1) is 8.58. The Morgan fingerprint density at radius 2 is 1.61 bits per heavy atom. The van der Waals surface area contributed by atoms with Gasteiger partial charge in [0.1, 0.15) is 5.60 Å². The van der Waals surface area contributed by atoms with Crippen molar-refractivity contribution >= 4 is 22.6 Å². The smallest absolute Gasteiger partial charge is 0.148 e. The van der Waals surface area contributed by atoms with Crippen LogP contribution >= 0.6 is 22.6 Å².